The summed E-state index contributed by atoms with van der Waals surface area (Å²) in [6.07, 6.45) is 6.11. The lowest BCUT2D eigenvalue weighted by Gasteiger charge is -2.35. The molecule has 3 heterocycles. The molecule has 5 rings (SSSR count). The molecule has 5 nitrogen and oxygen atoms in total. The molecule has 0 unspecified atom stereocenters. The van der Waals surface area contributed by atoms with E-state index in [4.69, 9.17) is 14.0 Å². The van der Waals surface area contributed by atoms with E-state index in [1.165, 1.54) is 11.3 Å². The quantitative estimate of drug-likeness (QED) is 0.850. The molecule has 1 aromatic carbocycles. The Balaban J connectivity index is 1.58. The van der Waals surface area contributed by atoms with Gasteiger partial charge < -0.3 is 19.3 Å². The average Bonchev–Trinajstić information content (AvgIpc) is 3.32. The van der Waals surface area contributed by atoms with E-state index in [1.807, 2.05) is 36.5 Å². The fraction of sp³-hybridized carbons (Fsp3) is 0.300. The van der Waals surface area contributed by atoms with Crippen LogP contribution in [0.15, 0.2) is 64.3 Å². The molecule has 126 valence electrons. The van der Waals surface area contributed by atoms with Crippen molar-refractivity contribution < 1.29 is 14.0 Å². The maximum absolute atomic E-state index is 5.94. The van der Waals surface area contributed by atoms with Gasteiger partial charge in [-0.25, -0.2) is 0 Å². The van der Waals surface area contributed by atoms with Crippen LogP contribution in [0.3, 0.4) is 0 Å². The Kier molecular flexibility index (Phi) is 3.38. The highest BCUT2D eigenvalue weighted by molar-refractivity contribution is 5.86. The maximum atomic E-state index is 5.94. The summed E-state index contributed by atoms with van der Waals surface area (Å²) in [4.78, 5) is 0. The Morgan fingerprint density at radius 3 is 2.80 bits per heavy atom. The van der Waals surface area contributed by atoms with Gasteiger partial charge in [0.2, 0.25) is 0 Å². The van der Waals surface area contributed by atoms with Gasteiger partial charge in [0, 0.05) is 35.9 Å². The number of benzene rings is 1. The van der Waals surface area contributed by atoms with Gasteiger partial charge in [-0.2, -0.15) is 0 Å². The van der Waals surface area contributed by atoms with Crippen molar-refractivity contribution in [2.24, 2.45) is 0 Å². The number of allylic oxidation sites excluding steroid dienone is 2. The summed E-state index contributed by atoms with van der Waals surface area (Å²) in [7, 11) is 0. The zero-order valence-electron chi connectivity index (χ0n) is 13.7. The highest BCUT2D eigenvalue weighted by atomic mass is 16.7. The number of hydrogen-bond donors (Lipinski definition) is 1. The lowest BCUT2D eigenvalue weighted by Crippen LogP contribution is -2.36. The van der Waals surface area contributed by atoms with Crippen molar-refractivity contribution in [3.8, 4) is 11.3 Å². The molecule has 1 aromatic heterocycles. The SMILES string of the molecule is C1=CNC2=C(CC3(CC2)OCCO3)C=1c1cnoc1-c1ccccc1. The van der Waals surface area contributed by atoms with Crippen LogP contribution in [0.5, 0.6) is 0 Å². The smallest absolute Gasteiger partial charge is 0.175 e. The number of nitrogens with one attached hydrogen (secondary N) is 1. The minimum atomic E-state index is -0.491. The molecule has 5 heteroatoms. The monoisotopic (exact) mass is 334 g/mol. The summed E-state index contributed by atoms with van der Waals surface area (Å²) in [5.41, 5.74) is 8.69. The first-order valence-corrected chi connectivity index (χ1v) is 8.57. The van der Waals surface area contributed by atoms with Gasteiger partial charge in [-0.15, -0.1) is 0 Å². The molecule has 1 fully saturated rings. The second kappa shape index (κ2) is 5.74. The molecule has 2 aromatic rings. The minimum Gasteiger partial charge on any atom is -0.358 e. The van der Waals surface area contributed by atoms with Crippen molar-refractivity contribution in [3.63, 3.8) is 0 Å². The third kappa shape index (κ3) is 2.45. The van der Waals surface area contributed by atoms with Crippen molar-refractivity contribution in [2.75, 3.05) is 13.2 Å². The number of ether oxygens (including phenoxy) is 2. The molecule has 2 aliphatic heterocycles. The van der Waals surface area contributed by atoms with E-state index in [-0.39, 0.29) is 0 Å². The van der Waals surface area contributed by atoms with Crippen LogP contribution in [0.4, 0.5) is 0 Å². The van der Waals surface area contributed by atoms with E-state index in [0.29, 0.717) is 19.6 Å². The second-order valence-electron chi connectivity index (χ2n) is 6.48. The van der Waals surface area contributed by atoms with Gasteiger partial charge >= 0.3 is 0 Å². The molecule has 1 N–H and O–H groups in total. The normalized spacial score (nSPS) is 21.2. The summed E-state index contributed by atoms with van der Waals surface area (Å²) < 4.78 is 17.4. The van der Waals surface area contributed by atoms with Crippen molar-refractivity contribution >= 4 is 5.57 Å². The van der Waals surface area contributed by atoms with Crippen molar-refractivity contribution in [1.29, 1.82) is 0 Å². The molecule has 25 heavy (non-hydrogen) atoms. The number of aromatic nitrogens is 1. The van der Waals surface area contributed by atoms with Crippen LogP contribution in [0, 0.1) is 0 Å². The van der Waals surface area contributed by atoms with Crippen LogP contribution in [-0.4, -0.2) is 24.2 Å². The van der Waals surface area contributed by atoms with Crippen LogP contribution in [0.2, 0.25) is 0 Å². The molecule has 0 saturated carbocycles. The molecule has 0 amide bonds. The Morgan fingerprint density at radius 1 is 1.12 bits per heavy atom. The second-order valence-corrected chi connectivity index (χ2v) is 6.48. The van der Waals surface area contributed by atoms with Gasteiger partial charge in [-0.05, 0) is 12.0 Å². The summed E-state index contributed by atoms with van der Waals surface area (Å²) in [5.74, 6) is 0.271. The van der Waals surface area contributed by atoms with E-state index >= 15 is 0 Å². The first kappa shape index (κ1) is 14.7. The standard InChI is InChI=1S/C20H18N2O3/c1-2-4-14(5-3-1)19-17(13-22-25-19)15-7-9-21-18-6-8-20(12-16(15)18)23-10-11-24-20/h1-5,9,13,21H,6,8,10-12H2. The van der Waals surface area contributed by atoms with E-state index < -0.39 is 5.79 Å². The summed E-state index contributed by atoms with van der Waals surface area (Å²) >= 11 is 0. The van der Waals surface area contributed by atoms with E-state index in [9.17, 15) is 0 Å². The first-order valence-electron chi connectivity index (χ1n) is 8.57. The topological polar surface area (TPSA) is 56.5 Å². The van der Waals surface area contributed by atoms with Gasteiger partial charge in [0.05, 0.1) is 25.0 Å². The lowest BCUT2D eigenvalue weighted by atomic mass is 9.83. The predicted octanol–water partition coefficient (Wildman–Crippen LogP) is 3.62. The zero-order valence-corrected chi connectivity index (χ0v) is 13.7. The lowest BCUT2D eigenvalue weighted by molar-refractivity contribution is -0.163. The summed E-state index contributed by atoms with van der Waals surface area (Å²) in [5, 5.41) is 7.38. The highest BCUT2D eigenvalue weighted by Crippen LogP contribution is 2.45. The molecular formula is C20H18N2O3. The molecule has 3 aliphatic rings. The molecule has 0 atom stereocenters. The van der Waals surface area contributed by atoms with Crippen LogP contribution in [-0.2, 0) is 9.47 Å². The maximum Gasteiger partial charge on any atom is 0.175 e. The summed E-state index contributed by atoms with van der Waals surface area (Å²) in [6, 6.07) is 10.0. The van der Waals surface area contributed by atoms with Crippen molar-refractivity contribution in [2.45, 2.75) is 25.0 Å². The highest BCUT2D eigenvalue weighted by Gasteiger charge is 2.42. The Bertz CT molecular complexity index is 898. The van der Waals surface area contributed by atoms with E-state index in [1.54, 1.807) is 6.20 Å². The van der Waals surface area contributed by atoms with Gasteiger partial charge in [0.15, 0.2) is 11.5 Å². The van der Waals surface area contributed by atoms with Crippen LogP contribution in [0.25, 0.3) is 16.9 Å². The largest absolute Gasteiger partial charge is 0.358 e. The predicted molar refractivity (Wildman–Crippen MR) is 92.1 cm³/mol. The Labute approximate surface area is 145 Å². The first-order chi connectivity index (χ1) is 12.3. The van der Waals surface area contributed by atoms with Gasteiger partial charge in [-0.3, -0.25) is 0 Å². The van der Waals surface area contributed by atoms with E-state index in [0.717, 1.165) is 35.3 Å². The van der Waals surface area contributed by atoms with Crippen molar-refractivity contribution in [3.05, 3.63) is 65.3 Å². The zero-order chi connectivity index (χ0) is 16.7. The van der Waals surface area contributed by atoms with Crippen LogP contribution < -0.4 is 5.32 Å². The number of nitrogens with zero attached hydrogens (tertiary/aromatic N) is 1. The molecule has 0 bridgehead atoms. The van der Waals surface area contributed by atoms with Gasteiger partial charge in [0.1, 0.15) is 0 Å². The third-order valence-corrected chi connectivity index (χ3v) is 5.02. The number of hydrogen-bond acceptors (Lipinski definition) is 5. The van der Waals surface area contributed by atoms with Crippen LogP contribution in [0.1, 0.15) is 24.8 Å². The van der Waals surface area contributed by atoms with Crippen molar-refractivity contribution in [1.82, 2.24) is 10.5 Å². The average molecular weight is 334 g/mol. The fourth-order valence-electron chi connectivity index (χ4n) is 3.81. The number of rotatable bonds is 2. The molecule has 1 saturated heterocycles. The van der Waals surface area contributed by atoms with Gasteiger partial charge in [0.25, 0.3) is 0 Å². The summed E-state index contributed by atoms with van der Waals surface area (Å²) in [6.45, 7) is 1.32. The molecule has 0 radical (unpaired) electrons. The Morgan fingerprint density at radius 2 is 1.96 bits per heavy atom. The Hall–Kier alpha value is -2.59. The minimum absolute atomic E-state index is 0.491. The van der Waals surface area contributed by atoms with Gasteiger partial charge in [-0.1, -0.05) is 41.2 Å². The molecular weight excluding hydrogens is 316 g/mol. The molecule has 1 aliphatic carbocycles. The van der Waals surface area contributed by atoms with E-state index in [2.05, 4.69) is 16.2 Å². The molecule has 1 spiro atoms. The third-order valence-electron chi connectivity index (χ3n) is 5.02. The fourth-order valence-corrected chi connectivity index (χ4v) is 3.81. The van der Waals surface area contributed by atoms with Crippen LogP contribution >= 0.6 is 0 Å².